The number of benzene rings is 2. The van der Waals surface area contributed by atoms with E-state index in [1.807, 2.05) is 42.5 Å². The van der Waals surface area contributed by atoms with Gasteiger partial charge in [0.1, 0.15) is 0 Å². The quantitative estimate of drug-likeness (QED) is 0.818. The maximum absolute atomic E-state index is 11.7. The van der Waals surface area contributed by atoms with E-state index in [0.29, 0.717) is 0 Å². The molecule has 0 bridgehead atoms. The van der Waals surface area contributed by atoms with Crippen molar-refractivity contribution in [3.05, 3.63) is 53.6 Å². The third-order valence-corrected chi connectivity index (χ3v) is 3.27. The van der Waals surface area contributed by atoms with Gasteiger partial charge in [0, 0.05) is 0 Å². The Morgan fingerprint density at radius 1 is 1.06 bits per heavy atom. The van der Waals surface area contributed by atoms with E-state index in [9.17, 15) is 9.59 Å². The molecule has 2 aromatic carbocycles. The maximum atomic E-state index is 11.7. The molecule has 0 radical (unpaired) electrons. The summed E-state index contributed by atoms with van der Waals surface area (Å²) in [6.45, 7) is 0. The van der Waals surface area contributed by atoms with Crippen LogP contribution in [0.3, 0.4) is 0 Å². The van der Waals surface area contributed by atoms with Gasteiger partial charge >= 0.3 is 5.97 Å². The maximum Gasteiger partial charge on any atom is 0.373 e. The first-order valence-corrected chi connectivity index (χ1v) is 5.65. The highest BCUT2D eigenvalue weighted by atomic mass is 16.4. The topological polar surface area (TPSA) is 54.4 Å². The zero-order valence-corrected chi connectivity index (χ0v) is 9.46. The summed E-state index contributed by atoms with van der Waals surface area (Å²) in [5.41, 5.74) is 1.80. The molecule has 3 rings (SSSR count). The van der Waals surface area contributed by atoms with Crippen LogP contribution in [0.1, 0.15) is 17.0 Å². The lowest BCUT2D eigenvalue weighted by molar-refractivity contribution is -0.149. The molecule has 1 N–H and O–H groups in total. The number of aliphatic carboxylic acids is 1. The molecule has 1 atom stereocenters. The summed E-state index contributed by atoms with van der Waals surface area (Å²) in [6.07, 6.45) is 3.48. The molecule has 3 nitrogen and oxygen atoms in total. The average molecular weight is 238 g/mol. The van der Waals surface area contributed by atoms with Crippen LogP contribution in [-0.2, 0) is 9.59 Å². The number of carbonyl (C=O) groups is 2. The van der Waals surface area contributed by atoms with E-state index in [4.69, 9.17) is 5.11 Å². The molecule has 0 saturated heterocycles. The third-order valence-electron chi connectivity index (χ3n) is 3.27. The second kappa shape index (κ2) is 3.81. The smallest absolute Gasteiger partial charge is 0.373 e. The Bertz CT molecular complexity index is 693. The molecule has 1 aliphatic carbocycles. The number of hydrogen-bond acceptors (Lipinski definition) is 2. The molecular formula is C15H10O3. The van der Waals surface area contributed by atoms with Gasteiger partial charge in [-0.2, -0.15) is 0 Å². The standard InChI is InChI=1S/C15H10O3/c16-14(15(17)18)12-8-7-10-4-1-3-9-5-2-6-11(12)13(9)10/h1-8,12H,(H,17,18). The summed E-state index contributed by atoms with van der Waals surface area (Å²) in [5.74, 6) is -2.85. The zero-order valence-electron chi connectivity index (χ0n) is 9.46. The minimum Gasteiger partial charge on any atom is -0.475 e. The molecule has 0 heterocycles. The first-order valence-electron chi connectivity index (χ1n) is 5.65. The van der Waals surface area contributed by atoms with E-state index in [2.05, 4.69) is 0 Å². The van der Waals surface area contributed by atoms with Gasteiger partial charge in [-0.05, 0) is 21.9 Å². The van der Waals surface area contributed by atoms with Gasteiger partial charge in [0.15, 0.2) is 0 Å². The lowest BCUT2D eigenvalue weighted by Crippen LogP contribution is -2.21. The molecule has 0 spiro atoms. The van der Waals surface area contributed by atoms with Crippen LogP contribution in [0.4, 0.5) is 0 Å². The number of Topliss-reactive ketones (excluding diaryl/α,β-unsaturated/α-hetero) is 1. The van der Waals surface area contributed by atoms with Gasteiger partial charge in [-0.1, -0.05) is 48.6 Å². The summed E-state index contributed by atoms with van der Waals surface area (Å²) in [5, 5.41) is 10.9. The summed E-state index contributed by atoms with van der Waals surface area (Å²) in [6, 6.07) is 11.5. The van der Waals surface area contributed by atoms with Crippen molar-refractivity contribution in [3.63, 3.8) is 0 Å². The molecule has 18 heavy (non-hydrogen) atoms. The molecule has 0 aromatic heterocycles. The fraction of sp³-hybridized carbons (Fsp3) is 0.0667. The Kier molecular flexibility index (Phi) is 2.27. The first-order chi connectivity index (χ1) is 8.68. The minimum atomic E-state index is -1.39. The van der Waals surface area contributed by atoms with E-state index in [1.165, 1.54) is 0 Å². The van der Waals surface area contributed by atoms with Crippen LogP contribution in [0.5, 0.6) is 0 Å². The van der Waals surface area contributed by atoms with E-state index >= 15 is 0 Å². The fourth-order valence-corrected chi connectivity index (χ4v) is 2.46. The molecule has 2 aromatic rings. The normalized spacial score (nSPS) is 16.8. The highest BCUT2D eigenvalue weighted by Crippen LogP contribution is 2.34. The van der Waals surface area contributed by atoms with Crippen molar-refractivity contribution < 1.29 is 14.7 Å². The fourth-order valence-electron chi connectivity index (χ4n) is 2.46. The number of carbonyl (C=O) groups excluding carboxylic acids is 1. The molecule has 0 aliphatic heterocycles. The predicted molar refractivity (Wildman–Crippen MR) is 68.4 cm³/mol. The van der Waals surface area contributed by atoms with Gasteiger partial charge < -0.3 is 5.11 Å². The molecule has 3 heteroatoms. The molecule has 1 unspecified atom stereocenters. The molecule has 0 amide bonds. The largest absolute Gasteiger partial charge is 0.475 e. The molecule has 0 saturated carbocycles. The van der Waals surface area contributed by atoms with E-state index in [0.717, 1.165) is 21.9 Å². The van der Waals surface area contributed by atoms with Crippen LogP contribution >= 0.6 is 0 Å². The second-order valence-electron chi connectivity index (χ2n) is 4.30. The molecule has 0 fully saturated rings. The lowest BCUT2D eigenvalue weighted by Gasteiger charge is -2.18. The molecular weight excluding hydrogens is 228 g/mol. The Balaban J connectivity index is 2.28. The van der Waals surface area contributed by atoms with Crippen molar-refractivity contribution >= 4 is 28.6 Å². The van der Waals surface area contributed by atoms with Crippen molar-refractivity contribution in [2.75, 3.05) is 0 Å². The van der Waals surface area contributed by atoms with Crippen molar-refractivity contribution in [1.82, 2.24) is 0 Å². The van der Waals surface area contributed by atoms with Crippen LogP contribution in [0.15, 0.2) is 42.5 Å². The van der Waals surface area contributed by atoms with Crippen LogP contribution in [0, 0.1) is 0 Å². The van der Waals surface area contributed by atoms with Crippen LogP contribution < -0.4 is 0 Å². The first kappa shape index (κ1) is 10.7. The summed E-state index contributed by atoms with van der Waals surface area (Å²) >= 11 is 0. The lowest BCUT2D eigenvalue weighted by atomic mass is 9.84. The average Bonchev–Trinajstić information content (AvgIpc) is 2.39. The van der Waals surface area contributed by atoms with Gasteiger partial charge in [0.25, 0.3) is 5.78 Å². The Morgan fingerprint density at radius 2 is 1.78 bits per heavy atom. The number of allylic oxidation sites excluding steroid dienone is 1. The molecule has 88 valence electrons. The van der Waals surface area contributed by atoms with Gasteiger partial charge in [-0.3, -0.25) is 4.79 Å². The highest BCUT2D eigenvalue weighted by Gasteiger charge is 2.27. The van der Waals surface area contributed by atoms with Crippen LogP contribution in [0.25, 0.3) is 16.8 Å². The number of hydrogen-bond donors (Lipinski definition) is 1. The van der Waals surface area contributed by atoms with Crippen molar-refractivity contribution in [3.8, 4) is 0 Å². The molecule has 1 aliphatic rings. The number of ketones is 1. The Hall–Kier alpha value is -2.42. The second-order valence-corrected chi connectivity index (χ2v) is 4.30. The van der Waals surface area contributed by atoms with Crippen molar-refractivity contribution in [2.45, 2.75) is 5.92 Å². The van der Waals surface area contributed by atoms with Gasteiger partial charge in [-0.15, -0.1) is 0 Å². The highest BCUT2D eigenvalue weighted by molar-refractivity contribution is 6.36. The van der Waals surface area contributed by atoms with Crippen LogP contribution in [-0.4, -0.2) is 16.9 Å². The van der Waals surface area contributed by atoms with E-state index in [-0.39, 0.29) is 0 Å². The summed E-state index contributed by atoms with van der Waals surface area (Å²) in [4.78, 5) is 22.5. The third kappa shape index (κ3) is 1.44. The van der Waals surface area contributed by atoms with E-state index < -0.39 is 17.7 Å². The summed E-state index contributed by atoms with van der Waals surface area (Å²) in [7, 11) is 0. The summed E-state index contributed by atoms with van der Waals surface area (Å²) < 4.78 is 0. The predicted octanol–water partition coefficient (Wildman–Crippen LogP) is 2.60. The van der Waals surface area contributed by atoms with Gasteiger partial charge in [0.2, 0.25) is 0 Å². The minimum absolute atomic E-state index is 0.680. The number of carboxylic acids is 1. The van der Waals surface area contributed by atoms with Crippen molar-refractivity contribution in [1.29, 1.82) is 0 Å². The van der Waals surface area contributed by atoms with Crippen LogP contribution in [0.2, 0.25) is 0 Å². The number of rotatable bonds is 2. The van der Waals surface area contributed by atoms with Gasteiger partial charge in [0.05, 0.1) is 5.92 Å². The Morgan fingerprint density at radius 3 is 2.50 bits per heavy atom. The SMILES string of the molecule is O=C(O)C(=O)C1C=Cc2cccc3cccc1c23. The van der Waals surface area contributed by atoms with Gasteiger partial charge in [-0.25, -0.2) is 4.79 Å². The van der Waals surface area contributed by atoms with Crippen molar-refractivity contribution in [2.24, 2.45) is 0 Å². The van der Waals surface area contributed by atoms with E-state index in [1.54, 1.807) is 6.08 Å². The monoisotopic (exact) mass is 238 g/mol. The Labute approximate surface area is 103 Å². The zero-order chi connectivity index (χ0) is 12.7. The number of carboxylic acid groups (broad SMARTS) is 1.